The summed E-state index contributed by atoms with van der Waals surface area (Å²) >= 11 is 7.02. The molecule has 0 saturated carbocycles. The topological polar surface area (TPSA) is 16.1 Å². The Morgan fingerprint density at radius 1 is 1.64 bits per heavy atom. The summed E-state index contributed by atoms with van der Waals surface area (Å²) in [6.45, 7) is 0.224. The van der Waals surface area contributed by atoms with Crippen molar-refractivity contribution in [3.05, 3.63) is 16.1 Å². The second-order valence-corrected chi connectivity index (χ2v) is 4.16. The molecular formula is C8H11ClF2N2S. The number of alkyl halides is 3. The zero-order chi connectivity index (χ0) is 10.6. The van der Waals surface area contributed by atoms with E-state index in [0.29, 0.717) is 12.4 Å². The van der Waals surface area contributed by atoms with Crippen molar-refractivity contribution in [3.8, 4) is 0 Å². The van der Waals surface area contributed by atoms with Crippen LogP contribution in [0.3, 0.4) is 0 Å². The van der Waals surface area contributed by atoms with E-state index in [4.69, 9.17) is 11.6 Å². The van der Waals surface area contributed by atoms with Gasteiger partial charge in [0.1, 0.15) is 5.01 Å². The fourth-order valence-electron chi connectivity index (χ4n) is 1.01. The Kier molecular flexibility index (Phi) is 4.71. The lowest BCUT2D eigenvalue weighted by Crippen LogP contribution is -2.23. The first-order valence-electron chi connectivity index (χ1n) is 4.07. The number of thiazole rings is 1. The summed E-state index contributed by atoms with van der Waals surface area (Å²) in [5.41, 5.74) is 0.803. The van der Waals surface area contributed by atoms with Crippen molar-refractivity contribution in [2.45, 2.75) is 18.9 Å². The van der Waals surface area contributed by atoms with Gasteiger partial charge in [-0.2, -0.15) is 0 Å². The van der Waals surface area contributed by atoms with Crippen LogP contribution in [0.4, 0.5) is 8.78 Å². The molecule has 6 heteroatoms. The van der Waals surface area contributed by atoms with Crippen molar-refractivity contribution >= 4 is 22.9 Å². The number of rotatable bonds is 5. The summed E-state index contributed by atoms with van der Waals surface area (Å²) in [4.78, 5) is 5.72. The highest BCUT2D eigenvalue weighted by Gasteiger charge is 2.09. The molecule has 1 rings (SSSR count). The van der Waals surface area contributed by atoms with Gasteiger partial charge in [-0.15, -0.1) is 22.9 Å². The maximum atomic E-state index is 12.0. The first kappa shape index (κ1) is 11.8. The predicted molar refractivity (Wildman–Crippen MR) is 54.0 cm³/mol. The molecule has 0 spiro atoms. The van der Waals surface area contributed by atoms with E-state index < -0.39 is 6.43 Å². The normalized spacial score (nSPS) is 11.6. The number of hydrogen-bond donors (Lipinski definition) is 0. The summed E-state index contributed by atoms with van der Waals surface area (Å²) in [5.74, 6) is 0.370. The summed E-state index contributed by atoms with van der Waals surface area (Å²) in [6.07, 6.45) is -2.30. The molecule has 1 aromatic heterocycles. The van der Waals surface area contributed by atoms with Gasteiger partial charge < -0.3 is 0 Å². The minimum Gasteiger partial charge on any atom is -0.294 e. The molecule has 0 unspecified atom stereocenters. The fraction of sp³-hybridized carbons (Fsp3) is 0.625. The standard InChI is InChI=1S/C8H11ClF2N2S/c1-13(3-7(10)11)4-8-12-6(2-9)5-14-8/h5,7H,2-4H2,1H3. The van der Waals surface area contributed by atoms with Crippen LogP contribution in [0, 0.1) is 0 Å². The minimum atomic E-state index is -2.30. The third kappa shape index (κ3) is 3.86. The Hall–Kier alpha value is -0.260. The molecule has 0 atom stereocenters. The minimum absolute atomic E-state index is 0.226. The highest BCUT2D eigenvalue weighted by molar-refractivity contribution is 7.09. The van der Waals surface area contributed by atoms with E-state index >= 15 is 0 Å². The van der Waals surface area contributed by atoms with Crippen LogP contribution in [0.2, 0.25) is 0 Å². The molecule has 0 radical (unpaired) electrons. The number of halogens is 3. The van der Waals surface area contributed by atoms with E-state index in [1.807, 2.05) is 5.38 Å². The smallest absolute Gasteiger partial charge is 0.251 e. The maximum absolute atomic E-state index is 12.0. The molecule has 0 bridgehead atoms. The van der Waals surface area contributed by atoms with Crippen molar-refractivity contribution in [1.82, 2.24) is 9.88 Å². The lowest BCUT2D eigenvalue weighted by atomic mass is 10.5. The first-order chi connectivity index (χ1) is 6.61. The highest BCUT2D eigenvalue weighted by atomic mass is 35.5. The lowest BCUT2D eigenvalue weighted by Gasteiger charge is -2.13. The average molecular weight is 241 g/mol. The third-order valence-electron chi connectivity index (χ3n) is 1.59. The van der Waals surface area contributed by atoms with E-state index in [-0.39, 0.29) is 6.54 Å². The summed E-state index contributed by atoms with van der Waals surface area (Å²) in [5, 5.41) is 2.67. The molecule has 0 fully saturated rings. The van der Waals surface area contributed by atoms with Crippen LogP contribution < -0.4 is 0 Å². The van der Waals surface area contributed by atoms with Crippen LogP contribution in [0.25, 0.3) is 0 Å². The molecule has 0 aliphatic carbocycles. The largest absolute Gasteiger partial charge is 0.294 e. The van der Waals surface area contributed by atoms with Gasteiger partial charge in [0.25, 0.3) is 6.43 Å². The molecule has 80 valence electrons. The van der Waals surface area contributed by atoms with Crippen molar-refractivity contribution < 1.29 is 8.78 Å². The molecular weight excluding hydrogens is 230 g/mol. The van der Waals surface area contributed by atoms with Gasteiger partial charge in [0.2, 0.25) is 0 Å². The van der Waals surface area contributed by atoms with Gasteiger partial charge in [-0.3, -0.25) is 4.90 Å². The van der Waals surface area contributed by atoms with Gasteiger partial charge >= 0.3 is 0 Å². The molecule has 1 heterocycles. The van der Waals surface area contributed by atoms with E-state index in [0.717, 1.165) is 10.7 Å². The zero-order valence-electron chi connectivity index (χ0n) is 7.71. The number of nitrogens with zero attached hydrogens (tertiary/aromatic N) is 2. The van der Waals surface area contributed by atoms with Crippen LogP contribution in [0.5, 0.6) is 0 Å². The Labute approximate surface area is 90.5 Å². The highest BCUT2D eigenvalue weighted by Crippen LogP contribution is 2.13. The van der Waals surface area contributed by atoms with Gasteiger partial charge in [-0.25, -0.2) is 13.8 Å². The SMILES string of the molecule is CN(Cc1nc(CCl)cs1)CC(F)F. The monoisotopic (exact) mass is 240 g/mol. The summed E-state index contributed by atoms with van der Waals surface area (Å²) in [6, 6.07) is 0. The second-order valence-electron chi connectivity index (χ2n) is 2.95. The van der Waals surface area contributed by atoms with Crippen LogP contribution in [-0.4, -0.2) is 29.9 Å². The Bertz CT molecular complexity index is 280. The van der Waals surface area contributed by atoms with Crippen LogP contribution in [0.1, 0.15) is 10.7 Å². The Balaban J connectivity index is 2.43. The maximum Gasteiger partial charge on any atom is 0.251 e. The van der Waals surface area contributed by atoms with Crippen molar-refractivity contribution in [3.63, 3.8) is 0 Å². The van der Waals surface area contributed by atoms with E-state index in [1.165, 1.54) is 11.3 Å². The molecule has 0 N–H and O–H groups in total. The average Bonchev–Trinajstić information content (AvgIpc) is 2.50. The summed E-state index contributed by atoms with van der Waals surface area (Å²) < 4.78 is 24.0. The predicted octanol–water partition coefficient (Wildman–Crippen LogP) is 2.58. The zero-order valence-corrected chi connectivity index (χ0v) is 9.29. The van der Waals surface area contributed by atoms with E-state index in [2.05, 4.69) is 4.98 Å². The van der Waals surface area contributed by atoms with E-state index in [1.54, 1.807) is 11.9 Å². The number of aromatic nitrogens is 1. The molecule has 1 aromatic rings. The molecule has 0 saturated heterocycles. The van der Waals surface area contributed by atoms with Gasteiger partial charge in [-0.05, 0) is 7.05 Å². The van der Waals surface area contributed by atoms with Gasteiger partial charge in [-0.1, -0.05) is 0 Å². The van der Waals surface area contributed by atoms with Gasteiger partial charge in [0, 0.05) is 5.38 Å². The fourth-order valence-corrected chi connectivity index (χ4v) is 2.12. The van der Waals surface area contributed by atoms with Crippen LogP contribution in [0.15, 0.2) is 5.38 Å². The molecule has 0 aliphatic heterocycles. The van der Waals surface area contributed by atoms with Crippen molar-refractivity contribution in [1.29, 1.82) is 0 Å². The van der Waals surface area contributed by atoms with Gasteiger partial charge in [0.05, 0.1) is 24.7 Å². The Morgan fingerprint density at radius 3 is 2.86 bits per heavy atom. The first-order valence-corrected chi connectivity index (χ1v) is 5.49. The van der Waals surface area contributed by atoms with Crippen LogP contribution >= 0.6 is 22.9 Å². The number of hydrogen-bond acceptors (Lipinski definition) is 3. The van der Waals surface area contributed by atoms with Gasteiger partial charge in [0.15, 0.2) is 0 Å². The molecule has 0 aliphatic rings. The second kappa shape index (κ2) is 5.58. The lowest BCUT2D eigenvalue weighted by molar-refractivity contribution is 0.0975. The molecule has 14 heavy (non-hydrogen) atoms. The quantitative estimate of drug-likeness (QED) is 0.736. The Morgan fingerprint density at radius 2 is 2.36 bits per heavy atom. The summed E-state index contributed by atoms with van der Waals surface area (Å²) in [7, 11) is 1.65. The van der Waals surface area contributed by atoms with E-state index in [9.17, 15) is 8.78 Å². The molecule has 0 aromatic carbocycles. The van der Waals surface area contributed by atoms with Crippen LogP contribution in [-0.2, 0) is 12.4 Å². The van der Waals surface area contributed by atoms with Crippen molar-refractivity contribution in [2.24, 2.45) is 0 Å². The third-order valence-corrected chi connectivity index (χ3v) is 2.75. The molecule has 2 nitrogen and oxygen atoms in total. The molecule has 0 amide bonds. The van der Waals surface area contributed by atoms with Crippen molar-refractivity contribution in [2.75, 3.05) is 13.6 Å².